The van der Waals surface area contributed by atoms with Crippen molar-refractivity contribution in [3.8, 4) is 5.75 Å². The van der Waals surface area contributed by atoms with Crippen LogP contribution in [0.5, 0.6) is 5.75 Å². The summed E-state index contributed by atoms with van der Waals surface area (Å²) < 4.78 is 8.17. The van der Waals surface area contributed by atoms with Crippen LogP contribution in [0.1, 0.15) is 67.8 Å². The van der Waals surface area contributed by atoms with Crippen molar-refractivity contribution >= 4 is 33.6 Å². The number of anilines is 1. The van der Waals surface area contributed by atoms with Gasteiger partial charge in [0.25, 0.3) is 5.91 Å². The minimum absolute atomic E-state index is 0.0347. The Bertz CT molecular complexity index is 1040. The molecule has 0 N–H and O–H groups in total. The molecule has 1 saturated carbocycles. The van der Waals surface area contributed by atoms with E-state index in [2.05, 4.69) is 32.8 Å². The van der Waals surface area contributed by atoms with Crippen LogP contribution < -0.4 is 9.64 Å². The molecule has 1 aromatic carbocycles. The number of fused-ring (bicyclic) bond motifs is 3. The first-order valence-electron chi connectivity index (χ1n) is 12.0. The van der Waals surface area contributed by atoms with E-state index in [1.165, 1.54) is 32.1 Å². The number of ether oxygens (including phenoxy) is 1. The lowest BCUT2D eigenvalue weighted by Gasteiger charge is -2.32. The molecule has 33 heavy (non-hydrogen) atoms. The van der Waals surface area contributed by atoms with E-state index in [4.69, 9.17) is 4.74 Å². The molecule has 1 aromatic heterocycles. The van der Waals surface area contributed by atoms with Gasteiger partial charge in [-0.25, -0.2) is 4.98 Å². The van der Waals surface area contributed by atoms with Crippen molar-refractivity contribution in [2.24, 2.45) is 10.9 Å². The van der Waals surface area contributed by atoms with Crippen LogP contribution >= 0.6 is 15.9 Å². The molecule has 0 spiro atoms. The number of hydrogen-bond acceptors (Lipinski definition) is 5. The minimum Gasteiger partial charge on any atom is -0.496 e. The molecule has 1 amide bonds. The third-order valence-corrected chi connectivity index (χ3v) is 7.29. The summed E-state index contributed by atoms with van der Waals surface area (Å²) in [6, 6.07) is 5.94. The highest BCUT2D eigenvalue weighted by Crippen LogP contribution is 2.32. The number of aliphatic imine (C=N–C) groups is 1. The standard InChI is InChI=1S/C18H20BrN5O2.C7H14/c1-4-22-17(25)15-16(23-8-7-20-18(22)23)21-11(2)24(15)10-12-5-6-14(26-3)13(19)9-12;1-7-5-3-2-4-6-7/h5-6,9H,4,7-8,10H2,1-3H3;7H,2-6H2,1H3. The Morgan fingerprint density at radius 3 is 2.58 bits per heavy atom. The van der Waals surface area contributed by atoms with Crippen LogP contribution in [0.15, 0.2) is 27.7 Å². The van der Waals surface area contributed by atoms with Gasteiger partial charge in [-0.3, -0.25) is 19.6 Å². The van der Waals surface area contributed by atoms with Crippen LogP contribution in [-0.2, 0) is 6.54 Å². The molecule has 7 nitrogen and oxygen atoms in total. The lowest BCUT2D eigenvalue weighted by atomic mass is 9.91. The summed E-state index contributed by atoms with van der Waals surface area (Å²) in [5.41, 5.74) is 1.70. The fourth-order valence-electron chi connectivity index (χ4n) is 4.81. The molecule has 1 aliphatic carbocycles. The molecule has 0 unspecified atom stereocenters. The first kappa shape index (κ1) is 23.8. The monoisotopic (exact) mass is 515 g/mol. The highest BCUT2D eigenvalue weighted by Gasteiger charge is 2.40. The maximum atomic E-state index is 13.1. The molecule has 8 heteroatoms. The molecule has 1 fully saturated rings. The number of guanidine groups is 1. The number of amides is 1. The summed E-state index contributed by atoms with van der Waals surface area (Å²) in [6.07, 6.45) is 7.44. The first-order chi connectivity index (χ1) is 15.9. The minimum atomic E-state index is -0.0347. The summed E-state index contributed by atoms with van der Waals surface area (Å²) in [5, 5.41) is 0. The number of benzene rings is 1. The molecule has 2 aromatic rings. The maximum absolute atomic E-state index is 13.1. The normalized spacial score (nSPS) is 17.8. The molecule has 0 bridgehead atoms. The van der Waals surface area contributed by atoms with Crippen LogP contribution in [0.2, 0.25) is 0 Å². The van der Waals surface area contributed by atoms with Gasteiger partial charge in [0.2, 0.25) is 5.96 Å². The van der Waals surface area contributed by atoms with Crippen molar-refractivity contribution in [1.82, 2.24) is 14.5 Å². The van der Waals surface area contributed by atoms with Crippen molar-refractivity contribution in [1.29, 1.82) is 0 Å². The molecule has 0 radical (unpaired) electrons. The third kappa shape index (κ3) is 4.81. The smallest absolute Gasteiger partial charge is 0.281 e. The summed E-state index contributed by atoms with van der Waals surface area (Å²) in [4.78, 5) is 26.1. The first-order valence-corrected chi connectivity index (χ1v) is 12.8. The Balaban J connectivity index is 0.000000318. The van der Waals surface area contributed by atoms with Gasteiger partial charge in [-0.15, -0.1) is 0 Å². The van der Waals surface area contributed by atoms with Crippen LogP contribution in [-0.4, -0.2) is 53.1 Å². The highest BCUT2D eigenvalue weighted by molar-refractivity contribution is 9.10. The zero-order valence-corrected chi connectivity index (χ0v) is 21.7. The Labute approximate surface area is 205 Å². The molecule has 3 heterocycles. The second-order valence-electron chi connectivity index (χ2n) is 9.01. The van der Waals surface area contributed by atoms with Gasteiger partial charge in [0.05, 0.1) is 18.1 Å². The zero-order chi connectivity index (χ0) is 23.5. The Morgan fingerprint density at radius 1 is 1.21 bits per heavy atom. The van der Waals surface area contributed by atoms with E-state index in [1.807, 2.05) is 41.5 Å². The number of imidazole rings is 1. The summed E-state index contributed by atoms with van der Waals surface area (Å²) >= 11 is 3.53. The molecule has 5 rings (SSSR count). The Kier molecular flexibility index (Phi) is 7.41. The number of hydrogen-bond donors (Lipinski definition) is 0. The third-order valence-electron chi connectivity index (χ3n) is 6.67. The van der Waals surface area contributed by atoms with Gasteiger partial charge in [0, 0.05) is 19.6 Å². The molecule has 0 saturated heterocycles. The van der Waals surface area contributed by atoms with Crippen molar-refractivity contribution in [2.45, 2.75) is 59.4 Å². The fourth-order valence-corrected chi connectivity index (χ4v) is 5.40. The average Bonchev–Trinajstić information content (AvgIpc) is 3.41. The van der Waals surface area contributed by atoms with Crippen LogP contribution in [0.3, 0.4) is 0 Å². The Morgan fingerprint density at radius 2 is 1.97 bits per heavy atom. The Hall–Kier alpha value is -2.35. The van der Waals surface area contributed by atoms with E-state index in [1.54, 1.807) is 12.0 Å². The quantitative estimate of drug-likeness (QED) is 0.557. The maximum Gasteiger partial charge on any atom is 0.281 e. The number of methoxy groups -OCH3 is 1. The van der Waals surface area contributed by atoms with Crippen molar-refractivity contribution in [3.63, 3.8) is 0 Å². The average molecular weight is 516 g/mol. The van der Waals surface area contributed by atoms with Crippen molar-refractivity contribution in [3.05, 3.63) is 39.8 Å². The number of carbonyl (C=O) groups excluding carboxylic acids is 1. The molecule has 178 valence electrons. The zero-order valence-electron chi connectivity index (χ0n) is 20.1. The topological polar surface area (TPSA) is 63.0 Å². The predicted octanol–water partition coefficient (Wildman–Crippen LogP) is 5.25. The van der Waals surface area contributed by atoms with Crippen LogP contribution in [0.4, 0.5) is 5.82 Å². The van der Waals surface area contributed by atoms with E-state index in [0.717, 1.165) is 45.9 Å². The van der Waals surface area contributed by atoms with E-state index < -0.39 is 0 Å². The van der Waals surface area contributed by atoms with Crippen LogP contribution in [0.25, 0.3) is 0 Å². The van der Waals surface area contributed by atoms with E-state index >= 15 is 0 Å². The summed E-state index contributed by atoms with van der Waals surface area (Å²) in [5.74, 6) is 4.05. The van der Waals surface area contributed by atoms with Gasteiger partial charge in [-0.1, -0.05) is 45.1 Å². The summed E-state index contributed by atoms with van der Waals surface area (Å²) in [6.45, 7) is 8.88. The highest BCUT2D eigenvalue weighted by atomic mass is 79.9. The number of nitrogens with zero attached hydrogens (tertiary/aromatic N) is 5. The number of carbonyl (C=O) groups is 1. The van der Waals surface area contributed by atoms with Gasteiger partial charge in [0.1, 0.15) is 11.6 Å². The lowest BCUT2D eigenvalue weighted by molar-refractivity contribution is 0.0836. The van der Waals surface area contributed by atoms with Gasteiger partial charge >= 0.3 is 0 Å². The predicted molar refractivity (Wildman–Crippen MR) is 135 cm³/mol. The fraction of sp³-hybridized carbons (Fsp3) is 0.560. The summed E-state index contributed by atoms with van der Waals surface area (Å²) in [7, 11) is 1.64. The number of rotatable bonds is 4. The molecule has 3 aliphatic rings. The second-order valence-corrected chi connectivity index (χ2v) is 9.87. The largest absolute Gasteiger partial charge is 0.496 e. The number of aromatic nitrogens is 2. The van der Waals surface area contributed by atoms with Gasteiger partial charge in [0.15, 0.2) is 11.5 Å². The number of halogens is 1. The lowest BCUT2D eigenvalue weighted by Crippen LogP contribution is -2.50. The van der Waals surface area contributed by atoms with Gasteiger partial charge < -0.3 is 9.30 Å². The van der Waals surface area contributed by atoms with E-state index in [0.29, 0.717) is 25.3 Å². The van der Waals surface area contributed by atoms with Crippen molar-refractivity contribution < 1.29 is 9.53 Å². The van der Waals surface area contributed by atoms with Crippen LogP contribution in [0, 0.1) is 12.8 Å². The molecular formula is C25H34BrN5O2. The molecular weight excluding hydrogens is 482 g/mol. The van der Waals surface area contributed by atoms with Gasteiger partial charge in [-0.2, -0.15) is 0 Å². The second kappa shape index (κ2) is 10.3. The van der Waals surface area contributed by atoms with Gasteiger partial charge in [-0.05, 0) is 53.4 Å². The van der Waals surface area contributed by atoms with E-state index in [-0.39, 0.29) is 5.91 Å². The molecule has 0 atom stereocenters. The molecule has 2 aliphatic heterocycles. The van der Waals surface area contributed by atoms with E-state index in [9.17, 15) is 4.79 Å². The number of aryl methyl sites for hydroxylation is 1. The SMILES string of the molecule is CC1CCCCC1.CCN1C(=O)c2c(nc(C)n2Cc2ccc(OC)c(Br)c2)N2CCN=C12. The van der Waals surface area contributed by atoms with Crippen molar-refractivity contribution in [2.75, 3.05) is 31.6 Å².